The van der Waals surface area contributed by atoms with E-state index in [1.807, 2.05) is 11.8 Å². The smallest absolute Gasteiger partial charge is 0.0558 e. The molecule has 6 heteroatoms. The monoisotopic (exact) mass is 238 g/mol. The largest absolute Gasteiger partial charge is 0.395 e. The number of nitrogens with one attached hydrogen (secondary N) is 1. The first-order valence-electron chi connectivity index (χ1n) is 5.63. The number of likely N-dealkylation sites (N-methyl/N-ethyl adjacent to an activating group) is 1. The molecular weight excluding hydrogens is 212 g/mol. The minimum absolute atomic E-state index is 0.139. The number of aliphatic hydroxyl groups is 4. The van der Waals surface area contributed by atoms with Crippen molar-refractivity contribution in [2.45, 2.75) is 6.92 Å². The molecule has 0 heterocycles. The van der Waals surface area contributed by atoms with Crippen molar-refractivity contribution in [2.75, 3.05) is 59.2 Å². The Morgan fingerprint density at radius 2 is 1.25 bits per heavy atom. The van der Waals surface area contributed by atoms with E-state index in [2.05, 4.69) is 5.32 Å². The molecule has 5 N–H and O–H groups in total. The Morgan fingerprint density at radius 1 is 0.812 bits per heavy atom. The molecule has 0 saturated carbocycles. The predicted molar refractivity (Wildman–Crippen MR) is 63.3 cm³/mol. The molecule has 0 rings (SSSR count). The maximum Gasteiger partial charge on any atom is 0.0558 e. The Labute approximate surface area is 97.5 Å². The van der Waals surface area contributed by atoms with Crippen LogP contribution in [-0.2, 0) is 0 Å². The minimum atomic E-state index is 0.139. The second kappa shape index (κ2) is 17.2. The van der Waals surface area contributed by atoms with E-state index in [-0.39, 0.29) is 26.4 Å². The molecule has 0 aliphatic rings. The highest BCUT2D eigenvalue weighted by Gasteiger charge is 1.97. The molecule has 0 atom stereocenters. The molecule has 0 unspecified atom stereocenters. The van der Waals surface area contributed by atoms with Gasteiger partial charge in [0.1, 0.15) is 0 Å². The molecule has 0 aromatic carbocycles. The van der Waals surface area contributed by atoms with Crippen molar-refractivity contribution < 1.29 is 20.4 Å². The van der Waals surface area contributed by atoms with Gasteiger partial charge >= 0.3 is 0 Å². The molecule has 0 saturated heterocycles. The lowest BCUT2D eigenvalue weighted by Gasteiger charge is -2.16. The quantitative estimate of drug-likeness (QED) is 0.294. The fourth-order valence-electron chi connectivity index (χ4n) is 0.994. The maximum absolute atomic E-state index is 8.47. The van der Waals surface area contributed by atoms with Crippen LogP contribution >= 0.6 is 0 Å². The molecule has 100 valence electrons. The van der Waals surface area contributed by atoms with Gasteiger partial charge < -0.3 is 25.7 Å². The van der Waals surface area contributed by atoms with E-state index in [1.54, 1.807) is 0 Å². The molecule has 0 aromatic rings. The lowest BCUT2D eigenvalue weighted by Crippen LogP contribution is -2.29. The fraction of sp³-hybridized carbons (Fsp3) is 1.00. The van der Waals surface area contributed by atoms with Crippen molar-refractivity contribution in [3.63, 3.8) is 0 Å². The van der Waals surface area contributed by atoms with E-state index in [1.165, 1.54) is 0 Å². The summed E-state index contributed by atoms with van der Waals surface area (Å²) in [6.07, 6.45) is 0. The normalized spacial score (nSPS) is 10.1. The third kappa shape index (κ3) is 16.2. The molecule has 0 radical (unpaired) electrons. The molecule has 6 nitrogen and oxygen atoms in total. The summed E-state index contributed by atoms with van der Waals surface area (Å²) in [7, 11) is 0. The lowest BCUT2D eigenvalue weighted by molar-refractivity contribution is 0.166. The molecular formula is C10H26N2O4. The summed E-state index contributed by atoms with van der Waals surface area (Å²) in [5.74, 6) is 0. The molecule has 0 spiro atoms. The van der Waals surface area contributed by atoms with Crippen LogP contribution in [-0.4, -0.2) is 84.5 Å². The van der Waals surface area contributed by atoms with E-state index in [9.17, 15) is 0 Å². The third-order valence-electron chi connectivity index (χ3n) is 1.86. The van der Waals surface area contributed by atoms with Crippen LogP contribution in [0, 0.1) is 0 Å². The summed E-state index contributed by atoms with van der Waals surface area (Å²) < 4.78 is 0. The first-order chi connectivity index (χ1) is 7.76. The lowest BCUT2D eigenvalue weighted by atomic mass is 10.5. The van der Waals surface area contributed by atoms with Gasteiger partial charge in [-0.2, -0.15) is 0 Å². The maximum atomic E-state index is 8.47. The van der Waals surface area contributed by atoms with E-state index >= 15 is 0 Å². The zero-order valence-corrected chi connectivity index (χ0v) is 10.1. The van der Waals surface area contributed by atoms with Crippen molar-refractivity contribution in [2.24, 2.45) is 0 Å². The van der Waals surface area contributed by atoms with Crippen molar-refractivity contribution in [1.82, 2.24) is 10.2 Å². The van der Waals surface area contributed by atoms with Crippen molar-refractivity contribution >= 4 is 0 Å². The van der Waals surface area contributed by atoms with Crippen LogP contribution in [0.1, 0.15) is 6.92 Å². The van der Waals surface area contributed by atoms with Gasteiger partial charge in [0.25, 0.3) is 0 Å². The highest BCUT2D eigenvalue weighted by Crippen LogP contribution is 1.83. The second-order valence-electron chi connectivity index (χ2n) is 3.08. The standard InChI is InChI=1S/C6H15NO2.C4H11NO2/c1-2-7(3-5-8)4-6-9;6-3-1-5-2-4-7/h8-9H,2-6H2,1H3;5-7H,1-4H2. The summed E-state index contributed by atoms with van der Waals surface area (Å²) in [5.41, 5.74) is 0. The number of rotatable bonds is 9. The Hall–Kier alpha value is -0.240. The average molecular weight is 238 g/mol. The van der Waals surface area contributed by atoms with Crippen molar-refractivity contribution in [1.29, 1.82) is 0 Å². The summed E-state index contributed by atoms with van der Waals surface area (Å²) in [5, 5.41) is 36.0. The Bertz CT molecular complexity index is 107. The molecule has 16 heavy (non-hydrogen) atoms. The van der Waals surface area contributed by atoms with Gasteiger partial charge in [0.15, 0.2) is 0 Å². The second-order valence-corrected chi connectivity index (χ2v) is 3.08. The van der Waals surface area contributed by atoms with E-state index in [0.29, 0.717) is 26.2 Å². The number of nitrogens with zero attached hydrogens (tertiary/aromatic N) is 1. The highest BCUT2D eigenvalue weighted by molar-refractivity contribution is 4.51. The van der Waals surface area contributed by atoms with Gasteiger partial charge in [0, 0.05) is 26.2 Å². The van der Waals surface area contributed by atoms with Crippen LogP contribution in [0.4, 0.5) is 0 Å². The predicted octanol–water partition coefficient (Wildman–Crippen LogP) is -2.15. The summed E-state index contributed by atoms with van der Waals surface area (Å²) in [4.78, 5) is 1.99. The topological polar surface area (TPSA) is 96.2 Å². The van der Waals surface area contributed by atoms with Gasteiger partial charge in [-0.15, -0.1) is 0 Å². The Morgan fingerprint density at radius 3 is 1.50 bits per heavy atom. The van der Waals surface area contributed by atoms with Crippen LogP contribution < -0.4 is 5.32 Å². The van der Waals surface area contributed by atoms with Crippen LogP contribution in [0.2, 0.25) is 0 Å². The first kappa shape index (κ1) is 18.1. The molecule has 0 fully saturated rings. The van der Waals surface area contributed by atoms with Crippen LogP contribution in [0.3, 0.4) is 0 Å². The third-order valence-corrected chi connectivity index (χ3v) is 1.86. The van der Waals surface area contributed by atoms with Crippen LogP contribution in [0.25, 0.3) is 0 Å². The summed E-state index contributed by atoms with van der Waals surface area (Å²) >= 11 is 0. The molecule has 0 aliphatic heterocycles. The van der Waals surface area contributed by atoms with Gasteiger partial charge in [0.05, 0.1) is 26.4 Å². The Balaban J connectivity index is 0. The van der Waals surface area contributed by atoms with E-state index < -0.39 is 0 Å². The average Bonchev–Trinajstić information content (AvgIpc) is 2.30. The van der Waals surface area contributed by atoms with E-state index in [0.717, 1.165) is 6.54 Å². The van der Waals surface area contributed by atoms with Gasteiger partial charge in [-0.3, -0.25) is 4.90 Å². The zero-order chi connectivity index (χ0) is 12.6. The molecule has 0 amide bonds. The van der Waals surface area contributed by atoms with Gasteiger partial charge in [-0.25, -0.2) is 0 Å². The minimum Gasteiger partial charge on any atom is -0.395 e. The van der Waals surface area contributed by atoms with Crippen LogP contribution in [0.15, 0.2) is 0 Å². The van der Waals surface area contributed by atoms with Crippen LogP contribution in [0.5, 0.6) is 0 Å². The Kier molecular flexibility index (Phi) is 19.5. The zero-order valence-electron chi connectivity index (χ0n) is 10.1. The summed E-state index contributed by atoms with van der Waals surface area (Å²) in [6, 6.07) is 0. The van der Waals surface area contributed by atoms with E-state index in [4.69, 9.17) is 20.4 Å². The first-order valence-corrected chi connectivity index (χ1v) is 5.63. The van der Waals surface area contributed by atoms with Crippen molar-refractivity contribution in [3.8, 4) is 0 Å². The van der Waals surface area contributed by atoms with Gasteiger partial charge in [-0.1, -0.05) is 6.92 Å². The SMILES string of the molecule is CCN(CCO)CCO.OCCNCCO. The fourth-order valence-corrected chi connectivity index (χ4v) is 0.994. The number of hydrogen-bond donors (Lipinski definition) is 5. The highest BCUT2D eigenvalue weighted by atomic mass is 16.3. The summed E-state index contributed by atoms with van der Waals surface area (Å²) in [6.45, 7) is 5.99. The molecule has 0 bridgehead atoms. The molecule has 0 aromatic heterocycles. The number of aliphatic hydroxyl groups excluding tert-OH is 4. The van der Waals surface area contributed by atoms with Gasteiger partial charge in [0.2, 0.25) is 0 Å². The number of hydrogen-bond acceptors (Lipinski definition) is 6. The molecule has 0 aliphatic carbocycles. The van der Waals surface area contributed by atoms with Gasteiger partial charge in [-0.05, 0) is 6.54 Å². The van der Waals surface area contributed by atoms with Crippen molar-refractivity contribution in [3.05, 3.63) is 0 Å².